The number of carbonyl (C=O) groups excluding carboxylic acids is 1. The number of benzene rings is 1. The highest BCUT2D eigenvalue weighted by Crippen LogP contribution is 2.16. The Balaban J connectivity index is 1.77. The second-order valence-corrected chi connectivity index (χ2v) is 9.85. The maximum absolute atomic E-state index is 12.4. The normalized spacial score (nSPS) is 17.8. The van der Waals surface area contributed by atoms with Crippen LogP contribution in [0.5, 0.6) is 0 Å². The van der Waals surface area contributed by atoms with E-state index in [1.165, 1.54) is 11.8 Å². The monoisotopic (exact) mass is 395 g/mol. The van der Waals surface area contributed by atoms with Gasteiger partial charge in [0.2, 0.25) is 15.9 Å². The summed E-state index contributed by atoms with van der Waals surface area (Å²) in [6.45, 7) is 8.20. The van der Waals surface area contributed by atoms with Crippen molar-refractivity contribution >= 4 is 15.9 Å². The standard InChI is InChI=1S/C20H33N3O3S/c1-15(2)13-17-5-7-18(8-6-17)16(3)21-20(24)14-23-11-9-19(10-12-23)22-27(4,25)26/h5-8,15-16,19,22H,9-14H2,1-4H3,(H,21,24)/t16-/m0/s1. The summed E-state index contributed by atoms with van der Waals surface area (Å²) in [5, 5.41) is 3.06. The highest BCUT2D eigenvalue weighted by Gasteiger charge is 2.23. The average molecular weight is 396 g/mol. The summed E-state index contributed by atoms with van der Waals surface area (Å²) in [7, 11) is -3.17. The van der Waals surface area contributed by atoms with Crippen LogP contribution in [-0.2, 0) is 21.2 Å². The number of hydrogen-bond acceptors (Lipinski definition) is 4. The van der Waals surface area contributed by atoms with Crippen LogP contribution in [0.3, 0.4) is 0 Å². The van der Waals surface area contributed by atoms with Crippen molar-refractivity contribution in [2.75, 3.05) is 25.9 Å². The summed E-state index contributed by atoms with van der Waals surface area (Å²) in [4.78, 5) is 14.4. The van der Waals surface area contributed by atoms with E-state index in [1.54, 1.807) is 0 Å². The second-order valence-electron chi connectivity index (χ2n) is 8.07. The number of nitrogens with zero attached hydrogens (tertiary/aromatic N) is 1. The molecule has 2 N–H and O–H groups in total. The minimum absolute atomic E-state index is 0.00304. The van der Waals surface area contributed by atoms with E-state index in [1.807, 2.05) is 6.92 Å². The zero-order chi connectivity index (χ0) is 20.0. The molecule has 6 nitrogen and oxygen atoms in total. The van der Waals surface area contributed by atoms with Crippen LogP contribution in [0, 0.1) is 5.92 Å². The first-order chi connectivity index (χ1) is 12.6. The molecule has 1 amide bonds. The van der Waals surface area contributed by atoms with Gasteiger partial charge in [-0.15, -0.1) is 0 Å². The van der Waals surface area contributed by atoms with E-state index < -0.39 is 10.0 Å². The Hall–Kier alpha value is -1.44. The maximum atomic E-state index is 12.4. The molecule has 1 saturated heterocycles. The highest BCUT2D eigenvalue weighted by molar-refractivity contribution is 7.88. The van der Waals surface area contributed by atoms with Crippen molar-refractivity contribution in [2.24, 2.45) is 5.92 Å². The third-order valence-corrected chi connectivity index (χ3v) is 5.60. The van der Waals surface area contributed by atoms with Crippen molar-refractivity contribution in [3.05, 3.63) is 35.4 Å². The number of hydrogen-bond donors (Lipinski definition) is 2. The molecule has 27 heavy (non-hydrogen) atoms. The van der Waals surface area contributed by atoms with Gasteiger partial charge in [0, 0.05) is 19.1 Å². The molecule has 0 aromatic heterocycles. The smallest absolute Gasteiger partial charge is 0.234 e. The van der Waals surface area contributed by atoms with E-state index in [4.69, 9.17) is 0 Å². The van der Waals surface area contributed by atoms with Crippen molar-refractivity contribution in [3.8, 4) is 0 Å². The molecule has 0 bridgehead atoms. The van der Waals surface area contributed by atoms with Crippen LogP contribution in [-0.4, -0.2) is 51.2 Å². The SMILES string of the molecule is CC(C)Cc1ccc([C@H](C)NC(=O)CN2CCC(NS(C)(=O)=O)CC2)cc1. The van der Waals surface area contributed by atoms with Crippen molar-refractivity contribution in [3.63, 3.8) is 0 Å². The molecule has 1 aromatic carbocycles. The summed E-state index contributed by atoms with van der Waals surface area (Å²) in [5.74, 6) is 0.632. The number of piperidine rings is 1. The number of nitrogens with one attached hydrogen (secondary N) is 2. The van der Waals surface area contributed by atoms with E-state index in [0.717, 1.165) is 37.9 Å². The second kappa shape index (κ2) is 9.66. The number of rotatable bonds is 8. The molecule has 0 unspecified atom stereocenters. The Morgan fingerprint density at radius 1 is 1.15 bits per heavy atom. The van der Waals surface area contributed by atoms with Gasteiger partial charge in [-0.1, -0.05) is 38.1 Å². The van der Waals surface area contributed by atoms with E-state index in [0.29, 0.717) is 12.5 Å². The van der Waals surface area contributed by atoms with Gasteiger partial charge >= 0.3 is 0 Å². The lowest BCUT2D eigenvalue weighted by atomic mass is 10.00. The lowest BCUT2D eigenvalue weighted by Crippen LogP contribution is -2.47. The maximum Gasteiger partial charge on any atom is 0.234 e. The van der Waals surface area contributed by atoms with Crippen LogP contribution < -0.4 is 10.0 Å². The van der Waals surface area contributed by atoms with Gasteiger partial charge in [-0.2, -0.15) is 0 Å². The van der Waals surface area contributed by atoms with Crippen molar-refractivity contribution < 1.29 is 13.2 Å². The van der Waals surface area contributed by atoms with Crippen molar-refractivity contribution in [2.45, 2.75) is 52.1 Å². The first kappa shape index (κ1) is 21.9. The van der Waals surface area contributed by atoms with E-state index in [2.05, 4.69) is 53.1 Å². The van der Waals surface area contributed by atoms with E-state index in [9.17, 15) is 13.2 Å². The van der Waals surface area contributed by atoms with Gasteiger partial charge in [-0.3, -0.25) is 9.69 Å². The number of carbonyl (C=O) groups is 1. The van der Waals surface area contributed by atoms with Gasteiger partial charge in [-0.05, 0) is 43.2 Å². The molecule has 0 saturated carbocycles. The third-order valence-electron chi connectivity index (χ3n) is 4.84. The van der Waals surface area contributed by atoms with Crippen LogP contribution in [0.2, 0.25) is 0 Å². The Morgan fingerprint density at radius 2 is 1.74 bits per heavy atom. The minimum atomic E-state index is -3.17. The number of amides is 1. The largest absolute Gasteiger partial charge is 0.348 e. The molecule has 7 heteroatoms. The van der Waals surface area contributed by atoms with Crippen molar-refractivity contribution in [1.29, 1.82) is 0 Å². The fourth-order valence-electron chi connectivity index (χ4n) is 3.50. The minimum Gasteiger partial charge on any atom is -0.348 e. The van der Waals surface area contributed by atoms with E-state index in [-0.39, 0.29) is 18.0 Å². The molecule has 1 heterocycles. The fraction of sp³-hybridized carbons (Fsp3) is 0.650. The molecule has 2 rings (SSSR count). The summed E-state index contributed by atoms with van der Waals surface area (Å²) in [5.41, 5.74) is 2.42. The van der Waals surface area contributed by atoms with Crippen LogP contribution in [0.1, 0.15) is 50.8 Å². The Kier molecular flexibility index (Phi) is 7.82. The van der Waals surface area contributed by atoms with Gasteiger partial charge in [0.05, 0.1) is 18.8 Å². The molecule has 1 aliphatic rings. The highest BCUT2D eigenvalue weighted by atomic mass is 32.2. The first-order valence-electron chi connectivity index (χ1n) is 9.70. The topological polar surface area (TPSA) is 78.5 Å². The van der Waals surface area contributed by atoms with Crippen molar-refractivity contribution in [1.82, 2.24) is 14.9 Å². The summed E-state index contributed by atoms with van der Waals surface area (Å²) < 4.78 is 25.2. The Morgan fingerprint density at radius 3 is 2.26 bits per heavy atom. The molecule has 1 aliphatic heterocycles. The third kappa shape index (κ3) is 7.99. The van der Waals surface area contributed by atoms with Crippen LogP contribution in [0.4, 0.5) is 0 Å². The van der Waals surface area contributed by atoms with Gasteiger partial charge in [0.15, 0.2) is 0 Å². The van der Waals surface area contributed by atoms with Crippen LogP contribution in [0.15, 0.2) is 24.3 Å². The molecule has 1 atom stereocenters. The number of likely N-dealkylation sites (tertiary alicyclic amines) is 1. The van der Waals surface area contributed by atoms with Crippen LogP contribution in [0.25, 0.3) is 0 Å². The summed E-state index contributed by atoms with van der Waals surface area (Å²) in [6, 6.07) is 8.39. The molecule has 1 aromatic rings. The lowest BCUT2D eigenvalue weighted by Gasteiger charge is -2.31. The Bertz CT molecular complexity index is 708. The van der Waals surface area contributed by atoms with Gasteiger partial charge < -0.3 is 5.32 Å². The van der Waals surface area contributed by atoms with Crippen LogP contribution >= 0.6 is 0 Å². The number of sulfonamides is 1. The predicted molar refractivity (Wildman–Crippen MR) is 109 cm³/mol. The molecule has 0 aliphatic carbocycles. The molecule has 0 spiro atoms. The molecular formula is C20H33N3O3S. The van der Waals surface area contributed by atoms with Gasteiger partial charge in [-0.25, -0.2) is 13.1 Å². The van der Waals surface area contributed by atoms with E-state index >= 15 is 0 Å². The zero-order valence-corrected chi connectivity index (χ0v) is 17.7. The van der Waals surface area contributed by atoms with Gasteiger partial charge in [0.25, 0.3) is 0 Å². The summed E-state index contributed by atoms with van der Waals surface area (Å²) >= 11 is 0. The average Bonchev–Trinajstić information content (AvgIpc) is 2.55. The zero-order valence-electron chi connectivity index (χ0n) is 16.9. The Labute approximate surface area is 163 Å². The quantitative estimate of drug-likeness (QED) is 0.706. The molecule has 152 valence electrons. The summed E-state index contributed by atoms with van der Waals surface area (Å²) in [6.07, 6.45) is 3.70. The fourth-order valence-corrected chi connectivity index (χ4v) is 4.34. The molecule has 1 fully saturated rings. The van der Waals surface area contributed by atoms with Gasteiger partial charge in [0.1, 0.15) is 0 Å². The lowest BCUT2D eigenvalue weighted by molar-refractivity contribution is -0.123. The first-order valence-corrected chi connectivity index (χ1v) is 11.6. The molecule has 0 radical (unpaired) electrons. The molecular weight excluding hydrogens is 362 g/mol. The predicted octanol–water partition coefficient (Wildman–Crippen LogP) is 2.08.